The fraction of sp³-hybridized carbons (Fsp3) is 0.333. The molecule has 0 amide bonds. The SMILES string of the molecule is COC[C@H](C)NC(=S)N/N=C/c1ccc(O)c([N+](=O)[O-])c1. The minimum Gasteiger partial charge on any atom is -0.502 e. The van der Waals surface area contributed by atoms with E-state index in [1.165, 1.54) is 24.4 Å². The van der Waals surface area contributed by atoms with Gasteiger partial charge in [-0.3, -0.25) is 15.5 Å². The first kappa shape index (κ1) is 16.8. The van der Waals surface area contributed by atoms with Crippen molar-refractivity contribution in [2.45, 2.75) is 13.0 Å². The van der Waals surface area contributed by atoms with Crippen LogP contribution >= 0.6 is 12.2 Å². The number of hydrogen-bond acceptors (Lipinski definition) is 6. The first-order valence-corrected chi connectivity index (χ1v) is 6.40. The molecule has 0 unspecified atom stereocenters. The van der Waals surface area contributed by atoms with E-state index in [1.54, 1.807) is 7.11 Å². The molecule has 1 atom stereocenters. The Balaban J connectivity index is 2.59. The monoisotopic (exact) mass is 312 g/mol. The van der Waals surface area contributed by atoms with Gasteiger partial charge in [-0.1, -0.05) is 0 Å². The molecule has 0 aromatic heterocycles. The summed E-state index contributed by atoms with van der Waals surface area (Å²) >= 11 is 5.01. The molecule has 0 aliphatic carbocycles. The van der Waals surface area contributed by atoms with E-state index >= 15 is 0 Å². The highest BCUT2D eigenvalue weighted by molar-refractivity contribution is 7.80. The largest absolute Gasteiger partial charge is 0.502 e. The van der Waals surface area contributed by atoms with Crippen molar-refractivity contribution in [2.75, 3.05) is 13.7 Å². The molecule has 21 heavy (non-hydrogen) atoms. The molecule has 0 heterocycles. The Bertz CT molecular complexity index is 550. The number of hydrazone groups is 1. The second-order valence-electron chi connectivity index (χ2n) is 4.21. The maximum absolute atomic E-state index is 10.7. The van der Waals surface area contributed by atoms with Crippen LogP contribution in [-0.4, -0.2) is 41.1 Å². The van der Waals surface area contributed by atoms with Gasteiger partial charge in [-0.15, -0.1) is 0 Å². The molecule has 0 saturated heterocycles. The number of nitrogens with one attached hydrogen (secondary N) is 2. The number of hydrogen-bond donors (Lipinski definition) is 3. The van der Waals surface area contributed by atoms with Crippen molar-refractivity contribution >= 4 is 29.2 Å². The van der Waals surface area contributed by atoms with E-state index in [1.807, 2.05) is 6.92 Å². The Hall–Kier alpha value is -2.26. The molecule has 9 heteroatoms. The molecule has 0 fully saturated rings. The molecule has 8 nitrogen and oxygen atoms in total. The van der Waals surface area contributed by atoms with Crippen LogP contribution in [0, 0.1) is 10.1 Å². The van der Waals surface area contributed by atoms with Gasteiger partial charge >= 0.3 is 5.69 Å². The van der Waals surface area contributed by atoms with Gasteiger partial charge in [0.25, 0.3) is 0 Å². The summed E-state index contributed by atoms with van der Waals surface area (Å²) < 4.78 is 4.95. The molecular weight excluding hydrogens is 296 g/mol. The van der Waals surface area contributed by atoms with E-state index in [4.69, 9.17) is 17.0 Å². The van der Waals surface area contributed by atoms with Crippen molar-refractivity contribution in [3.8, 4) is 5.75 Å². The normalized spacial score (nSPS) is 12.1. The Morgan fingerprint density at radius 3 is 3.00 bits per heavy atom. The van der Waals surface area contributed by atoms with E-state index in [-0.39, 0.29) is 11.7 Å². The van der Waals surface area contributed by atoms with Crippen LogP contribution in [0.2, 0.25) is 0 Å². The molecule has 0 aliphatic heterocycles. The molecule has 0 saturated carbocycles. The second kappa shape index (κ2) is 8.12. The molecular formula is C12H16N4O4S. The van der Waals surface area contributed by atoms with E-state index in [0.717, 1.165) is 0 Å². The first-order chi connectivity index (χ1) is 9.93. The number of phenolic OH excluding ortho intramolecular Hbond substituents is 1. The zero-order valence-corrected chi connectivity index (χ0v) is 12.4. The third-order valence-corrected chi connectivity index (χ3v) is 2.58. The molecule has 0 spiro atoms. The third kappa shape index (κ3) is 5.71. The van der Waals surface area contributed by atoms with Crippen LogP contribution in [-0.2, 0) is 4.74 Å². The number of nitro benzene ring substituents is 1. The second-order valence-corrected chi connectivity index (χ2v) is 4.61. The predicted molar refractivity (Wildman–Crippen MR) is 82.6 cm³/mol. The van der Waals surface area contributed by atoms with E-state index in [2.05, 4.69) is 15.8 Å². The maximum atomic E-state index is 10.7. The van der Waals surface area contributed by atoms with Crippen molar-refractivity contribution in [2.24, 2.45) is 5.10 Å². The van der Waals surface area contributed by atoms with Gasteiger partial charge in [0.1, 0.15) is 0 Å². The fourth-order valence-electron chi connectivity index (χ4n) is 1.48. The average Bonchev–Trinajstić information content (AvgIpc) is 2.40. The molecule has 1 aromatic rings. The number of benzene rings is 1. The molecule has 114 valence electrons. The van der Waals surface area contributed by atoms with Gasteiger partial charge in [-0.25, -0.2) is 0 Å². The topological polar surface area (TPSA) is 109 Å². The lowest BCUT2D eigenvalue weighted by atomic mass is 10.2. The molecule has 1 aromatic carbocycles. The smallest absolute Gasteiger partial charge is 0.311 e. The lowest BCUT2D eigenvalue weighted by Crippen LogP contribution is -2.40. The molecule has 0 radical (unpaired) electrons. The van der Waals surface area contributed by atoms with Crippen molar-refractivity contribution in [1.82, 2.24) is 10.7 Å². The van der Waals surface area contributed by atoms with Gasteiger partial charge in [0.15, 0.2) is 10.9 Å². The Labute approximate surface area is 127 Å². The summed E-state index contributed by atoms with van der Waals surface area (Å²) in [7, 11) is 1.59. The summed E-state index contributed by atoms with van der Waals surface area (Å²) in [6.45, 7) is 2.39. The Kier molecular flexibility index (Phi) is 6.50. The number of aromatic hydroxyl groups is 1. The van der Waals surface area contributed by atoms with E-state index in [9.17, 15) is 15.2 Å². The van der Waals surface area contributed by atoms with Crippen LogP contribution in [0.15, 0.2) is 23.3 Å². The van der Waals surface area contributed by atoms with Gasteiger partial charge in [-0.05, 0) is 31.3 Å². The zero-order valence-electron chi connectivity index (χ0n) is 11.6. The van der Waals surface area contributed by atoms with Gasteiger partial charge in [0, 0.05) is 24.8 Å². The number of rotatable bonds is 6. The maximum Gasteiger partial charge on any atom is 0.311 e. The Morgan fingerprint density at radius 2 is 2.38 bits per heavy atom. The summed E-state index contributed by atoms with van der Waals surface area (Å²) in [5.74, 6) is -0.393. The van der Waals surface area contributed by atoms with Crippen LogP contribution in [0.3, 0.4) is 0 Å². The van der Waals surface area contributed by atoms with Gasteiger partial charge in [0.05, 0.1) is 17.7 Å². The zero-order chi connectivity index (χ0) is 15.8. The van der Waals surface area contributed by atoms with Gasteiger partial charge < -0.3 is 15.2 Å². The predicted octanol–water partition coefficient (Wildman–Crippen LogP) is 1.13. The summed E-state index contributed by atoms with van der Waals surface area (Å²) in [6, 6.07) is 3.97. The molecule has 1 rings (SSSR count). The van der Waals surface area contributed by atoms with Gasteiger partial charge in [0.2, 0.25) is 0 Å². The molecule has 3 N–H and O–H groups in total. The first-order valence-electron chi connectivity index (χ1n) is 6.00. The van der Waals surface area contributed by atoms with Crippen molar-refractivity contribution in [3.63, 3.8) is 0 Å². The number of phenols is 1. The van der Waals surface area contributed by atoms with Gasteiger partial charge in [-0.2, -0.15) is 5.10 Å². The highest BCUT2D eigenvalue weighted by atomic mass is 32.1. The van der Waals surface area contributed by atoms with E-state index in [0.29, 0.717) is 17.3 Å². The minimum atomic E-state index is -0.668. The van der Waals surface area contributed by atoms with E-state index < -0.39 is 10.7 Å². The van der Waals surface area contributed by atoms with Crippen molar-refractivity contribution in [1.29, 1.82) is 0 Å². The quantitative estimate of drug-likeness (QED) is 0.313. The van der Waals surface area contributed by atoms with Crippen LogP contribution in [0.5, 0.6) is 5.75 Å². The minimum absolute atomic E-state index is 0.0277. The van der Waals surface area contributed by atoms with Crippen molar-refractivity contribution in [3.05, 3.63) is 33.9 Å². The summed E-state index contributed by atoms with van der Waals surface area (Å²) in [4.78, 5) is 10.0. The highest BCUT2D eigenvalue weighted by Crippen LogP contribution is 2.25. The summed E-state index contributed by atoms with van der Waals surface area (Å²) in [5.41, 5.74) is 2.66. The average molecular weight is 312 g/mol. The van der Waals surface area contributed by atoms with Crippen LogP contribution < -0.4 is 10.7 Å². The summed E-state index contributed by atoms with van der Waals surface area (Å²) in [6.07, 6.45) is 1.36. The van der Waals surface area contributed by atoms with Crippen molar-refractivity contribution < 1.29 is 14.8 Å². The number of ether oxygens (including phenoxy) is 1. The molecule has 0 aliphatic rings. The number of thiocarbonyl (C=S) groups is 1. The van der Waals surface area contributed by atoms with Crippen LogP contribution in [0.25, 0.3) is 0 Å². The lowest BCUT2D eigenvalue weighted by molar-refractivity contribution is -0.385. The fourth-order valence-corrected chi connectivity index (χ4v) is 1.73. The number of nitro groups is 1. The standard InChI is InChI=1S/C12H16N4O4S/c1-8(7-20-2)14-12(21)15-13-6-9-3-4-11(17)10(5-9)16(18)19/h3-6,8,17H,7H2,1-2H3,(H2,14,15,21)/b13-6+/t8-/m0/s1. The lowest BCUT2D eigenvalue weighted by Gasteiger charge is -2.13. The molecule has 0 bridgehead atoms. The number of nitrogens with zero attached hydrogens (tertiary/aromatic N) is 2. The Morgan fingerprint density at radius 1 is 1.67 bits per heavy atom. The van der Waals surface area contributed by atoms with Crippen LogP contribution in [0.4, 0.5) is 5.69 Å². The van der Waals surface area contributed by atoms with Crippen LogP contribution in [0.1, 0.15) is 12.5 Å². The summed E-state index contributed by atoms with van der Waals surface area (Å²) in [5, 5.41) is 27.1. The highest BCUT2D eigenvalue weighted by Gasteiger charge is 2.12. The third-order valence-electron chi connectivity index (χ3n) is 2.37. The number of methoxy groups -OCH3 is 1.